The van der Waals surface area contributed by atoms with E-state index in [-0.39, 0.29) is 6.03 Å². The number of aryl methyl sites for hydroxylation is 1. The average molecular weight is 299 g/mol. The van der Waals surface area contributed by atoms with Crippen LogP contribution in [0.5, 0.6) is 0 Å². The van der Waals surface area contributed by atoms with Crippen LogP contribution in [-0.2, 0) is 0 Å². The first-order chi connectivity index (χ1) is 8.08. The second-order valence-electron chi connectivity index (χ2n) is 3.33. The van der Waals surface area contributed by atoms with E-state index in [1.54, 1.807) is 14.1 Å². The van der Waals surface area contributed by atoms with E-state index in [1.807, 2.05) is 25.1 Å². The Bertz CT molecular complexity index is 425. The Morgan fingerprint density at radius 1 is 1.41 bits per heavy atom. The predicted octanol–water partition coefficient (Wildman–Crippen LogP) is 2.08. The molecule has 0 saturated carbocycles. The van der Waals surface area contributed by atoms with Crippen molar-refractivity contribution in [3.63, 3.8) is 0 Å². The maximum Gasteiger partial charge on any atom is 0.326 e. The van der Waals surface area contributed by atoms with E-state index < -0.39 is 0 Å². The molecular formula is C11H15BrN4O. The Morgan fingerprint density at radius 3 is 2.65 bits per heavy atom. The Labute approximate surface area is 109 Å². The number of hydrogen-bond donors (Lipinski definition) is 3. The van der Waals surface area contributed by atoms with Crippen LogP contribution in [0.2, 0.25) is 0 Å². The molecule has 6 heteroatoms. The third-order valence-electron chi connectivity index (χ3n) is 2.15. The van der Waals surface area contributed by atoms with Crippen LogP contribution >= 0.6 is 15.9 Å². The van der Waals surface area contributed by atoms with Crippen LogP contribution in [0.1, 0.15) is 5.56 Å². The number of carbonyl (C=O) groups excluding carboxylic acids is 1. The lowest BCUT2D eigenvalue weighted by Gasteiger charge is -2.12. The first-order valence-electron chi connectivity index (χ1n) is 5.06. The quantitative estimate of drug-likeness (QED) is 0.549. The Morgan fingerprint density at radius 2 is 2.12 bits per heavy atom. The van der Waals surface area contributed by atoms with Gasteiger partial charge in [-0.2, -0.15) is 0 Å². The molecule has 0 aromatic heterocycles. The Balaban J connectivity index is 2.75. The highest BCUT2D eigenvalue weighted by Crippen LogP contribution is 2.25. The number of para-hydroxylation sites is 1. The molecule has 3 N–H and O–H groups in total. The SMILES string of the molecule is CN=C(NC)NC(=O)Nc1c(C)cccc1Br. The fourth-order valence-corrected chi connectivity index (χ4v) is 1.84. The van der Waals surface area contributed by atoms with Crippen LogP contribution in [-0.4, -0.2) is 26.1 Å². The van der Waals surface area contributed by atoms with Crippen molar-refractivity contribution in [1.29, 1.82) is 0 Å². The highest BCUT2D eigenvalue weighted by atomic mass is 79.9. The van der Waals surface area contributed by atoms with Gasteiger partial charge in [0.1, 0.15) is 0 Å². The molecule has 0 bridgehead atoms. The highest BCUT2D eigenvalue weighted by molar-refractivity contribution is 9.10. The molecule has 0 saturated heterocycles. The van der Waals surface area contributed by atoms with Crippen molar-refractivity contribution in [2.24, 2.45) is 4.99 Å². The zero-order valence-electron chi connectivity index (χ0n) is 9.97. The van der Waals surface area contributed by atoms with E-state index >= 15 is 0 Å². The predicted molar refractivity (Wildman–Crippen MR) is 73.5 cm³/mol. The molecule has 1 rings (SSSR count). The lowest BCUT2D eigenvalue weighted by Crippen LogP contribution is -2.41. The number of nitrogens with zero attached hydrogens (tertiary/aromatic N) is 1. The van der Waals surface area contributed by atoms with E-state index in [1.165, 1.54) is 0 Å². The molecule has 0 fully saturated rings. The van der Waals surface area contributed by atoms with Crippen LogP contribution in [0, 0.1) is 6.92 Å². The smallest absolute Gasteiger partial charge is 0.326 e. The molecule has 0 atom stereocenters. The average Bonchev–Trinajstić information content (AvgIpc) is 2.31. The van der Waals surface area contributed by atoms with Crippen molar-refractivity contribution in [3.8, 4) is 0 Å². The molecule has 0 spiro atoms. The summed E-state index contributed by atoms with van der Waals surface area (Å²) in [4.78, 5) is 15.5. The minimum atomic E-state index is -0.338. The van der Waals surface area contributed by atoms with Crippen molar-refractivity contribution in [2.45, 2.75) is 6.92 Å². The van der Waals surface area contributed by atoms with Crippen molar-refractivity contribution >= 4 is 33.6 Å². The third-order valence-corrected chi connectivity index (χ3v) is 2.81. The topological polar surface area (TPSA) is 65.5 Å². The molecule has 5 nitrogen and oxygen atoms in total. The fraction of sp³-hybridized carbons (Fsp3) is 0.273. The van der Waals surface area contributed by atoms with Gasteiger partial charge in [0.2, 0.25) is 0 Å². The van der Waals surface area contributed by atoms with Crippen molar-refractivity contribution < 1.29 is 4.79 Å². The standard InChI is InChI=1S/C11H15BrN4O/c1-7-5-4-6-8(12)9(7)15-11(17)16-10(13-2)14-3/h4-6H,1-3H3,(H3,13,14,15,16,17). The molecule has 0 aliphatic carbocycles. The van der Waals surface area contributed by atoms with Crippen LogP contribution in [0.15, 0.2) is 27.7 Å². The van der Waals surface area contributed by atoms with Crippen LogP contribution in [0.3, 0.4) is 0 Å². The van der Waals surface area contributed by atoms with Crippen LogP contribution in [0.25, 0.3) is 0 Å². The molecule has 1 aromatic carbocycles. The summed E-state index contributed by atoms with van der Waals surface area (Å²) in [5.41, 5.74) is 1.73. The lowest BCUT2D eigenvalue weighted by molar-refractivity contribution is 0.256. The van der Waals surface area contributed by atoms with E-state index in [0.29, 0.717) is 5.96 Å². The summed E-state index contributed by atoms with van der Waals surface area (Å²) in [6, 6.07) is 5.37. The number of benzene rings is 1. The summed E-state index contributed by atoms with van der Waals surface area (Å²) in [5.74, 6) is 0.409. The summed E-state index contributed by atoms with van der Waals surface area (Å²) in [5, 5.41) is 8.11. The molecule has 0 aliphatic heterocycles. The number of nitrogens with one attached hydrogen (secondary N) is 3. The van der Waals surface area contributed by atoms with Gasteiger partial charge in [-0.1, -0.05) is 12.1 Å². The summed E-state index contributed by atoms with van der Waals surface area (Å²) in [6.45, 7) is 1.92. The van der Waals surface area contributed by atoms with Gasteiger partial charge >= 0.3 is 6.03 Å². The summed E-state index contributed by atoms with van der Waals surface area (Å²) < 4.78 is 0.840. The normalized spacial score (nSPS) is 10.9. The number of aliphatic imine (C=N–C) groups is 1. The number of guanidine groups is 1. The zero-order chi connectivity index (χ0) is 12.8. The second-order valence-corrected chi connectivity index (χ2v) is 4.19. The Kier molecular flexibility index (Phi) is 4.96. The molecule has 17 heavy (non-hydrogen) atoms. The first-order valence-corrected chi connectivity index (χ1v) is 5.85. The molecule has 0 heterocycles. The van der Waals surface area contributed by atoms with Gasteiger partial charge < -0.3 is 10.6 Å². The largest absolute Gasteiger partial charge is 0.359 e. The first kappa shape index (κ1) is 13.5. The Hall–Kier alpha value is -1.56. The van der Waals surface area contributed by atoms with Crippen LogP contribution in [0.4, 0.5) is 10.5 Å². The molecule has 1 aromatic rings. The van der Waals surface area contributed by atoms with E-state index in [9.17, 15) is 4.79 Å². The van der Waals surface area contributed by atoms with Gasteiger partial charge in [0, 0.05) is 18.6 Å². The second kappa shape index (κ2) is 6.24. The minimum absolute atomic E-state index is 0.338. The molecular weight excluding hydrogens is 284 g/mol. The van der Waals surface area contributed by atoms with E-state index in [0.717, 1.165) is 15.7 Å². The third kappa shape index (κ3) is 3.74. The van der Waals surface area contributed by atoms with Gasteiger partial charge in [0.15, 0.2) is 5.96 Å². The number of amides is 2. The number of anilines is 1. The van der Waals surface area contributed by atoms with Crippen molar-refractivity contribution in [2.75, 3.05) is 19.4 Å². The van der Waals surface area contributed by atoms with Crippen molar-refractivity contribution in [3.05, 3.63) is 28.2 Å². The number of halogens is 1. The molecule has 92 valence electrons. The number of hydrogen-bond acceptors (Lipinski definition) is 2. The molecule has 2 amide bonds. The highest BCUT2D eigenvalue weighted by Gasteiger charge is 2.08. The van der Waals surface area contributed by atoms with Gasteiger partial charge in [-0.25, -0.2) is 4.79 Å². The van der Waals surface area contributed by atoms with Gasteiger partial charge in [-0.05, 0) is 34.5 Å². The summed E-state index contributed by atoms with van der Waals surface area (Å²) >= 11 is 3.39. The fourth-order valence-electron chi connectivity index (χ4n) is 1.27. The number of carbonyl (C=O) groups is 1. The summed E-state index contributed by atoms with van der Waals surface area (Å²) in [7, 11) is 3.28. The maximum absolute atomic E-state index is 11.7. The van der Waals surface area contributed by atoms with Gasteiger partial charge in [0.05, 0.1) is 5.69 Å². The summed E-state index contributed by atoms with van der Waals surface area (Å²) in [6.07, 6.45) is 0. The molecule has 0 radical (unpaired) electrons. The number of rotatable bonds is 1. The number of urea groups is 1. The molecule has 0 aliphatic rings. The minimum Gasteiger partial charge on any atom is -0.359 e. The van der Waals surface area contributed by atoms with Crippen molar-refractivity contribution in [1.82, 2.24) is 10.6 Å². The van der Waals surface area contributed by atoms with Gasteiger partial charge in [-0.3, -0.25) is 10.3 Å². The molecule has 0 unspecified atom stereocenters. The van der Waals surface area contributed by atoms with E-state index in [4.69, 9.17) is 0 Å². The van der Waals surface area contributed by atoms with E-state index in [2.05, 4.69) is 36.9 Å². The maximum atomic E-state index is 11.7. The lowest BCUT2D eigenvalue weighted by atomic mass is 10.2. The monoisotopic (exact) mass is 298 g/mol. The van der Waals surface area contributed by atoms with Crippen LogP contribution < -0.4 is 16.0 Å². The zero-order valence-corrected chi connectivity index (χ0v) is 11.6. The van der Waals surface area contributed by atoms with Gasteiger partial charge in [-0.15, -0.1) is 0 Å². The van der Waals surface area contributed by atoms with Gasteiger partial charge in [0.25, 0.3) is 0 Å².